The number of carbonyl (C=O) groups excluding carboxylic acids is 2. The standard InChI is InChI=1S/C22H36N2O9/c1-9(2)11(17(25)24-12(10(3)4)19(27)28)23-18(26)15-13-14(31-21(5,6)30-13)16-20(29-15)33-22(7,8)32-16/h9-16,20H,1-8H3,(H,23,26)(H,24,25)(H,27,28)/t11-,12+,13+,14-,15-,16-,20-/m1/s1. The molecule has 3 aliphatic heterocycles. The van der Waals surface area contributed by atoms with Crippen molar-refractivity contribution < 1.29 is 43.2 Å². The van der Waals surface area contributed by atoms with Crippen molar-refractivity contribution in [2.45, 2.75) is 110 Å². The molecule has 0 aromatic carbocycles. The summed E-state index contributed by atoms with van der Waals surface area (Å²) in [6.45, 7) is 13.9. The summed E-state index contributed by atoms with van der Waals surface area (Å²) in [5.41, 5.74) is 0. The zero-order valence-corrected chi connectivity index (χ0v) is 20.4. The number of fused-ring (bicyclic) bond motifs is 3. The highest BCUT2D eigenvalue weighted by molar-refractivity contribution is 5.92. The Morgan fingerprint density at radius 1 is 0.758 bits per heavy atom. The second kappa shape index (κ2) is 9.10. The second-order valence-corrected chi connectivity index (χ2v) is 10.4. The molecule has 2 amide bonds. The molecule has 0 unspecified atom stereocenters. The summed E-state index contributed by atoms with van der Waals surface area (Å²) < 4.78 is 29.7. The third-order valence-corrected chi connectivity index (χ3v) is 5.89. The summed E-state index contributed by atoms with van der Waals surface area (Å²) >= 11 is 0. The molecule has 3 fully saturated rings. The second-order valence-electron chi connectivity index (χ2n) is 10.4. The maximum Gasteiger partial charge on any atom is 0.326 e. The summed E-state index contributed by atoms with van der Waals surface area (Å²) in [5, 5.41) is 14.6. The first-order valence-electron chi connectivity index (χ1n) is 11.3. The molecule has 0 aromatic rings. The highest BCUT2D eigenvalue weighted by atomic mass is 16.9. The van der Waals surface area contributed by atoms with Gasteiger partial charge in [0.25, 0.3) is 5.91 Å². The minimum Gasteiger partial charge on any atom is -0.480 e. The molecule has 33 heavy (non-hydrogen) atoms. The van der Waals surface area contributed by atoms with Crippen LogP contribution in [0.3, 0.4) is 0 Å². The zero-order valence-electron chi connectivity index (χ0n) is 20.4. The molecule has 11 heteroatoms. The number of aliphatic carboxylic acids is 1. The number of ether oxygens (including phenoxy) is 5. The number of carboxylic acid groups (broad SMARTS) is 1. The summed E-state index contributed by atoms with van der Waals surface area (Å²) in [4.78, 5) is 37.7. The van der Waals surface area contributed by atoms with Gasteiger partial charge in [0.2, 0.25) is 5.91 Å². The van der Waals surface area contributed by atoms with Crippen LogP contribution in [0.5, 0.6) is 0 Å². The molecular weight excluding hydrogens is 436 g/mol. The first-order chi connectivity index (χ1) is 15.1. The number of amides is 2. The molecule has 0 radical (unpaired) electrons. The largest absolute Gasteiger partial charge is 0.480 e. The van der Waals surface area contributed by atoms with E-state index in [9.17, 15) is 19.5 Å². The Labute approximate surface area is 193 Å². The molecule has 3 rings (SSSR count). The minimum absolute atomic E-state index is 0.315. The van der Waals surface area contributed by atoms with E-state index < -0.39 is 72.1 Å². The van der Waals surface area contributed by atoms with Gasteiger partial charge >= 0.3 is 5.97 Å². The van der Waals surface area contributed by atoms with E-state index in [0.29, 0.717) is 0 Å². The van der Waals surface area contributed by atoms with Crippen LogP contribution in [0.25, 0.3) is 0 Å². The third kappa shape index (κ3) is 5.48. The molecule has 7 atom stereocenters. The summed E-state index contributed by atoms with van der Waals surface area (Å²) in [5.74, 6) is -4.85. The number of hydrogen-bond donors (Lipinski definition) is 3. The van der Waals surface area contributed by atoms with Gasteiger partial charge in [-0.1, -0.05) is 27.7 Å². The highest BCUT2D eigenvalue weighted by Gasteiger charge is 2.62. The van der Waals surface area contributed by atoms with Crippen LogP contribution in [0.1, 0.15) is 55.4 Å². The van der Waals surface area contributed by atoms with Crippen molar-refractivity contribution in [2.24, 2.45) is 11.8 Å². The van der Waals surface area contributed by atoms with Crippen LogP contribution in [0.15, 0.2) is 0 Å². The van der Waals surface area contributed by atoms with Crippen molar-refractivity contribution >= 4 is 17.8 Å². The van der Waals surface area contributed by atoms with Crippen molar-refractivity contribution in [1.82, 2.24) is 10.6 Å². The summed E-state index contributed by atoms with van der Waals surface area (Å²) in [6, 6.07) is -2.06. The van der Waals surface area contributed by atoms with E-state index in [0.717, 1.165) is 0 Å². The third-order valence-electron chi connectivity index (χ3n) is 5.89. The predicted octanol–water partition coefficient (Wildman–Crippen LogP) is 0.749. The van der Waals surface area contributed by atoms with Gasteiger partial charge in [-0.15, -0.1) is 0 Å². The summed E-state index contributed by atoms with van der Waals surface area (Å²) in [6.07, 6.45) is -3.94. The Kier molecular flexibility index (Phi) is 7.12. The predicted molar refractivity (Wildman–Crippen MR) is 114 cm³/mol. The van der Waals surface area contributed by atoms with Gasteiger partial charge in [-0.25, -0.2) is 4.79 Å². The molecule has 3 saturated heterocycles. The molecule has 188 valence electrons. The highest BCUT2D eigenvalue weighted by Crippen LogP contribution is 2.44. The van der Waals surface area contributed by atoms with Crippen LogP contribution < -0.4 is 10.6 Å². The maximum atomic E-state index is 13.3. The van der Waals surface area contributed by atoms with E-state index in [-0.39, 0.29) is 11.8 Å². The minimum atomic E-state index is -1.14. The average molecular weight is 473 g/mol. The van der Waals surface area contributed by atoms with Crippen molar-refractivity contribution in [1.29, 1.82) is 0 Å². The number of rotatable bonds is 7. The lowest BCUT2D eigenvalue weighted by Gasteiger charge is -2.37. The number of carboxylic acids is 1. The van der Waals surface area contributed by atoms with E-state index in [1.807, 2.05) is 0 Å². The van der Waals surface area contributed by atoms with Crippen LogP contribution in [-0.4, -0.2) is 77.3 Å². The molecule has 0 aliphatic carbocycles. The Bertz CT molecular complexity index is 782. The molecule has 3 heterocycles. The van der Waals surface area contributed by atoms with Gasteiger partial charge in [-0.3, -0.25) is 9.59 Å². The normalized spacial score (nSPS) is 33.8. The van der Waals surface area contributed by atoms with Crippen molar-refractivity contribution in [3.8, 4) is 0 Å². The maximum absolute atomic E-state index is 13.3. The van der Waals surface area contributed by atoms with Crippen molar-refractivity contribution in [2.75, 3.05) is 0 Å². The molecule has 0 saturated carbocycles. The lowest BCUT2D eigenvalue weighted by molar-refractivity contribution is -0.231. The van der Waals surface area contributed by atoms with Crippen LogP contribution in [0.2, 0.25) is 0 Å². The first kappa shape index (κ1) is 25.8. The Morgan fingerprint density at radius 3 is 1.82 bits per heavy atom. The molecule has 0 bridgehead atoms. The Balaban J connectivity index is 1.78. The molecule has 0 aromatic heterocycles. The smallest absolute Gasteiger partial charge is 0.326 e. The fraction of sp³-hybridized carbons (Fsp3) is 0.864. The lowest BCUT2D eigenvalue weighted by Crippen LogP contribution is -2.62. The van der Waals surface area contributed by atoms with Crippen molar-refractivity contribution in [3.63, 3.8) is 0 Å². The first-order valence-corrected chi connectivity index (χ1v) is 11.3. The van der Waals surface area contributed by atoms with Gasteiger partial charge < -0.3 is 39.4 Å². The van der Waals surface area contributed by atoms with E-state index >= 15 is 0 Å². The van der Waals surface area contributed by atoms with Gasteiger partial charge in [0.05, 0.1) is 0 Å². The Hall–Kier alpha value is -1.79. The fourth-order valence-corrected chi connectivity index (χ4v) is 4.35. The number of carbonyl (C=O) groups is 3. The van der Waals surface area contributed by atoms with Gasteiger partial charge in [0.1, 0.15) is 30.4 Å². The van der Waals surface area contributed by atoms with Gasteiger partial charge in [-0.05, 0) is 39.5 Å². The van der Waals surface area contributed by atoms with E-state index in [1.165, 1.54) is 0 Å². The number of hydrogen-bond acceptors (Lipinski definition) is 8. The molecule has 3 aliphatic rings. The van der Waals surface area contributed by atoms with Gasteiger partial charge in [0.15, 0.2) is 24.0 Å². The van der Waals surface area contributed by atoms with Gasteiger partial charge in [-0.2, -0.15) is 0 Å². The quantitative estimate of drug-likeness (QED) is 0.489. The van der Waals surface area contributed by atoms with Crippen molar-refractivity contribution in [3.05, 3.63) is 0 Å². The molecule has 11 nitrogen and oxygen atoms in total. The van der Waals surface area contributed by atoms with Crippen LogP contribution in [-0.2, 0) is 38.1 Å². The zero-order chi connectivity index (χ0) is 24.9. The molecule has 0 spiro atoms. The van der Waals surface area contributed by atoms with E-state index in [1.54, 1.807) is 55.4 Å². The SMILES string of the molecule is CC(C)[C@H](NC(=O)[C@H](NC(=O)[C@@H]1O[C@@H]2OC(C)(C)O[C@@H]2[C@@H]2OC(C)(C)O[C@@H]21)C(C)C)C(=O)O. The average Bonchev–Trinajstić information content (AvgIpc) is 3.15. The molecular formula is C22H36N2O9. The monoisotopic (exact) mass is 472 g/mol. The van der Waals surface area contributed by atoms with Crippen LogP contribution in [0.4, 0.5) is 0 Å². The van der Waals surface area contributed by atoms with Crippen LogP contribution >= 0.6 is 0 Å². The van der Waals surface area contributed by atoms with Gasteiger partial charge in [0, 0.05) is 0 Å². The lowest BCUT2D eigenvalue weighted by atomic mass is 9.96. The van der Waals surface area contributed by atoms with Crippen LogP contribution in [0, 0.1) is 11.8 Å². The van der Waals surface area contributed by atoms with E-state index in [4.69, 9.17) is 23.7 Å². The number of nitrogens with one attached hydrogen (secondary N) is 2. The van der Waals surface area contributed by atoms with E-state index in [2.05, 4.69) is 10.6 Å². The molecule has 3 N–H and O–H groups in total. The fourth-order valence-electron chi connectivity index (χ4n) is 4.35. The Morgan fingerprint density at radius 2 is 1.27 bits per heavy atom. The summed E-state index contributed by atoms with van der Waals surface area (Å²) in [7, 11) is 0. The topological polar surface area (TPSA) is 142 Å².